The van der Waals surface area contributed by atoms with Gasteiger partial charge in [-0.1, -0.05) is 25.3 Å². The fourth-order valence-corrected chi connectivity index (χ4v) is 2.13. The number of oxazole rings is 1. The van der Waals surface area contributed by atoms with Gasteiger partial charge in [0.15, 0.2) is 0 Å². The second-order valence-electron chi connectivity index (χ2n) is 4.07. The molecule has 82 valence electrons. The van der Waals surface area contributed by atoms with E-state index in [9.17, 15) is 0 Å². The molecule has 15 heavy (non-hydrogen) atoms. The lowest BCUT2D eigenvalue weighted by atomic mass is 9.89. The molecule has 1 fully saturated rings. The third kappa shape index (κ3) is 3.10. The molecule has 0 bridgehead atoms. The van der Waals surface area contributed by atoms with Gasteiger partial charge in [0.25, 0.3) is 0 Å². The Hall–Kier alpha value is -0.760. The summed E-state index contributed by atoms with van der Waals surface area (Å²) in [6, 6.07) is 0. The van der Waals surface area contributed by atoms with E-state index in [0.29, 0.717) is 17.7 Å². The first-order chi connectivity index (χ1) is 7.38. The number of hydrogen-bond acceptors (Lipinski definition) is 2. The summed E-state index contributed by atoms with van der Waals surface area (Å²) in [5.41, 5.74) is 0.806. The number of allylic oxidation sites excluding steroid dienone is 1. The summed E-state index contributed by atoms with van der Waals surface area (Å²) in [6.45, 7) is 0. The zero-order valence-electron chi connectivity index (χ0n) is 8.79. The zero-order chi connectivity index (χ0) is 10.5. The van der Waals surface area contributed by atoms with Crippen LogP contribution in [-0.2, 0) is 5.88 Å². The van der Waals surface area contributed by atoms with Crippen LogP contribution in [0.1, 0.15) is 43.7 Å². The zero-order valence-corrected chi connectivity index (χ0v) is 9.54. The summed E-state index contributed by atoms with van der Waals surface area (Å²) < 4.78 is 5.26. The highest BCUT2D eigenvalue weighted by Crippen LogP contribution is 2.25. The van der Waals surface area contributed by atoms with Crippen LogP contribution in [0.2, 0.25) is 0 Å². The number of hydrogen-bond donors (Lipinski definition) is 0. The summed E-state index contributed by atoms with van der Waals surface area (Å²) in [5.74, 6) is 1.81. The van der Waals surface area contributed by atoms with Crippen LogP contribution >= 0.6 is 11.6 Å². The molecule has 1 aliphatic rings. The Morgan fingerprint density at radius 1 is 1.40 bits per heavy atom. The maximum atomic E-state index is 5.64. The van der Waals surface area contributed by atoms with Gasteiger partial charge < -0.3 is 4.42 Å². The minimum Gasteiger partial charge on any atom is -0.445 e. The van der Waals surface area contributed by atoms with Gasteiger partial charge in [-0.2, -0.15) is 0 Å². The molecule has 2 nitrogen and oxygen atoms in total. The smallest absolute Gasteiger partial charge is 0.218 e. The van der Waals surface area contributed by atoms with Crippen LogP contribution in [0.25, 0.3) is 6.08 Å². The molecule has 0 aromatic carbocycles. The first-order valence-corrected chi connectivity index (χ1v) is 6.10. The molecule has 0 atom stereocenters. The van der Waals surface area contributed by atoms with E-state index >= 15 is 0 Å². The highest BCUT2D eigenvalue weighted by atomic mass is 35.5. The minimum absolute atomic E-state index is 0.417. The molecule has 2 rings (SSSR count). The molecule has 1 aromatic heterocycles. The van der Waals surface area contributed by atoms with Gasteiger partial charge in [0.2, 0.25) is 5.89 Å². The van der Waals surface area contributed by atoms with E-state index in [-0.39, 0.29) is 0 Å². The van der Waals surface area contributed by atoms with E-state index in [4.69, 9.17) is 16.0 Å². The summed E-state index contributed by atoms with van der Waals surface area (Å²) in [4.78, 5) is 4.23. The van der Waals surface area contributed by atoms with Crippen LogP contribution in [0.5, 0.6) is 0 Å². The van der Waals surface area contributed by atoms with Crippen molar-refractivity contribution in [1.82, 2.24) is 4.98 Å². The Labute approximate surface area is 95.3 Å². The predicted molar refractivity (Wildman–Crippen MR) is 61.7 cm³/mol. The van der Waals surface area contributed by atoms with Crippen LogP contribution in [0, 0.1) is 5.92 Å². The van der Waals surface area contributed by atoms with Gasteiger partial charge in [-0.15, -0.1) is 11.6 Å². The van der Waals surface area contributed by atoms with Crippen molar-refractivity contribution in [3.05, 3.63) is 23.9 Å². The van der Waals surface area contributed by atoms with Crippen LogP contribution in [0.15, 0.2) is 16.8 Å². The molecule has 1 heterocycles. The van der Waals surface area contributed by atoms with E-state index in [2.05, 4.69) is 11.1 Å². The largest absolute Gasteiger partial charge is 0.445 e. The Bertz CT molecular complexity index is 326. The molecule has 0 aliphatic heterocycles. The Morgan fingerprint density at radius 3 is 2.87 bits per heavy atom. The molecule has 1 aromatic rings. The third-order valence-corrected chi connectivity index (χ3v) is 3.14. The summed E-state index contributed by atoms with van der Waals surface area (Å²) in [6.07, 6.45) is 12.5. The average molecular weight is 226 g/mol. The lowest BCUT2D eigenvalue weighted by Crippen LogP contribution is -2.02. The number of nitrogens with zero attached hydrogens (tertiary/aromatic N) is 1. The molecule has 0 radical (unpaired) electrons. The number of alkyl halides is 1. The minimum atomic E-state index is 0.417. The number of aromatic nitrogens is 1. The van der Waals surface area contributed by atoms with Crippen LogP contribution in [0.3, 0.4) is 0 Å². The maximum Gasteiger partial charge on any atom is 0.218 e. The van der Waals surface area contributed by atoms with E-state index in [1.165, 1.54) is 32.1 Å². The number of halogens is 1. The fourth-order valence-electron chi connectivity index (χ4n) is 2.01. The SMILES string of the molecule is ClCc1coc(/C=C/C2CCCCC2)n1. The van der Waals surface area contributed by atoms with Gasteiger partial charge in [0, 0.05) is 0 Å². The van der Waals surface area contributed by atoms with Crippen molar-refractivity contribution in [2.24, 2.45) is 5.92 Å². The monoisotopic (exact) mass is 225 g/mol. The van der Waals surface area contributed by atoms with Gasteiger partial charge in [0.1, 0.15) is 6.26 Å². The predicted octanol–water partition coefficient (Wildman–Crippen LogP) is 4.01. The third-order valence-electron chi connectivity index (χ3n) is 2.87. The van der Waals surface area contributed by atoms with E-state index in [1.807, 2.05) is 6.08 Å². The van der Waals surface area contributed by atoms with Gasteiger partial charge in [-0.05, 0) is 24.8 Å². The van der Waals surface area contributed by atoms with Gasteiger partial charge in [-0.3, -0.25) is 0 Å². The van der Waals surface area contributed by atoms with Crippen molar-refractivity contribution in [2.45, 2.75) is 38.0 Å². The molecular formula is C12H16ClNO. The van der Waals surface area contributed by atoms with Gasteiger partial charge >= 0.3 is 0 Å². The second kappa shape index (κ2) is 5.36. The molecule has 0 N–H and O–H groups in total. The summed E-state index contributed by atoms with van der Waals surface area (Å²) >= 11 is 5.64. The van der Waals surface area contributed by atoms with Crippen LogP contribution in [-0.4, -0.2) is 4.98 Å². The lowest BCUT2D eigenvalue weighted by Gasteiger charge is -2.17. The van der Waals surface area contributed by atoms with Crippen LogP contribution in [0.4, 0.5) is 0 Å². The summed E-state index contributed by atoms with van der Waals surface area (Å²) in [5, 5.41) is 0. The fraction of sp³-hybridized carbons (Fsp3) is 0.583. The van der Waals surface area contributed by atoms with Crippen LogP contribution < -0.4 is 0 Å². The molecule has 3 heteroatoms. The molecule has 0 unspecified atom stereocenters. The maximum absolute atomic E-state index is 5.64. The first kappa shape index (κ1) is 10.7. The quantitative estimate of drug-likeness (QED) is 0.727. The molecule has 0 saturated heterocycles. The summed E-state index contributed by atoms with van der Waals surface area (Å²) in [7, 11) is 0. The first-order valence-electron chi connectivity index (χ1n) is 5.57. The molecule has 0 spiro atoms. The lowest BCUT2D eigenvalue weighted by molar-refractivity contribution is 0.420. The highest BCUT2D eigenvalue weighted by Gasteiger charge is 2.10. The van der Waals surface area contributed by atoms with Crippen molar-refractivity contribution in [1.29, 1.82) is 0 Å². The molecule has 1 saturated carbocycles. The van der Waals surface area contributed by atoms with Gasteiger partial charge in [-0.25, -0.2) is 4.98 Å². The van der Waals surface area contributed by atoms with E-state index < -0.39 is 0 Å². The van der Waals surface area contributed by atoms with Crippen molar-refractivity contribution in [3.63, 3.8) is 0 Å². The van der Waals surface area contributed by atoms with E-state index in [0.717, 1.165) is 5.69 Å². The topological polar surface area (TPSA) is 26.0 Å². The van der Waals surface area contributed by atoms with Crippen molar-refractivity contribution >= 4 is 17.7 Å². The standard InChI is InChI=1S/C12H16ClNO/c13-8-11-9-15-12(14-11)7-6-10-4-2-1-3-5-10/h6-7,9-10H,1-5,8H2/b7-6+. The molecule has 0 amide bonds. The van der Waals surface area contributed by atoms with Crippen molar-refractivity contribution in [2.75, 3.05) is 0 Å². The normalized spacial score (nSPS) is 18.7. The second-order valence-corrected chi connectivity index (χ2v) is 4.34. The highest BCUT2D eigenvalue weighted by molar-refractivity contribution is 6.16. The Balaban J connectivity index is 1.91. The molecular weight excluding hydrogens is 210 g/mol. The van der Waals surface area contributed by atoms with E-state index in [1.54, 1.807) is 6.26 Å². The van der Waals surface area contributed by atoms with Crippen molar-refractivity contribution in [3.8, 4) is 0 Å². The Kier molecular flexibility index (Phi) is 3.84. The molecule has 1 aliphatic carbocycles. The van der Waals surface area contributed by atoms with Crippen molar-refractivity contribution < 1.29 is 4.42 Å². The average Bonchev–Trinajstić information content (AvgIpc) is 2.76. The Morgan fingerprint density at radius 2 is 2.20 bits per heavy atom. The number of rotatable bonds is 3. The van der Waals surface area contributed by atoms with Gasteiger partial charge in [0.05, 0.1) is 11.6 Å².